The van der Waals surface area contributed by atoms with Crippen molar-refractivity contribution in [3.8, 4) is 0 Å². The Hall–Kier alpha value is -0.0900. The molecule has 0 amide bonds. The smallest absolute Gasteiger partial charge is 0.211 e. The molecule has 160 valence electrons. The van der Waals surface area contributed by atoms with Crippen LogP contribution in [0.1, 0.15) is 59.3 Å². The SMILES string of the molecule is CCNC(=NCC1CCN(S(C)(=O)=O)CC1)NC1CCC(C(C)C)CC1.I. The summed E-state index contributed by atoms with van der Waals surface area (Å²) in [6, 6.07) is 0.523. The average molecular weight is 515 g/mol. The first-order chi connectivity index (χ1) is 12.3. The summed E-state index contributed by atoms with van der Waals surface area (Å²) < 4.78 is 24.8. The van der Waals surface area contributed by atoms with Gasteiger partial charge in [0.15, 0.2) is 5.96 Å². The van der Waals surface area contributed by atoms with Crippen LogP contribution < -0.4 is 10.6 Å². The van der Waals surface area contributed by atoms with E-state index in [-0.39, 0.29) is 24.0 Å². The van der Waals surface area contributed by atoms with Gasteiger partial charge in [-0.2, -0.15) is 0 Å². The largest absolute Gasteiger partial charge is 0.357 e. The number of guanidine groups is 1. The summed E-state index contributed by atoms with van der Waals surface area (Å²) in [4.78, 5) is 4.80. The van der Waals surface area contributed by atoms with E-state index in [1.807, 2.05) is 0 Å². The Kier molecular flexibility index (Phi) is 10.9. The van der Waals surface area contributed by atoms with Gasteiger partial charge in [-0.1, -0.05) is 13.8 Å². The molecular weight excluding hydrogens is 475 g/mol. The van der Waals surface area contributed by atoms with Gasteiger partial charge in [0.1, 0.15) is 0 Å². The van der Waals surface area contributed by atoms with E-state index in [4.69, 9.17) is 4.99 Å². The lowest BCUT2D eigenvalue weighted by Gasteiger charge is -2.32. The number of nitrogens with one attached hydrogen (secondary N) is 2. The van der Waals surface area contributed by atoms with Crippen LogP contribution in [0.4, 0.5) is 0 Å². The molecule has 1 heterocycles. The maximum absolute atomic E-state index is 11.6. The zero-order valence-corrected chi connectivity index (χ0v) is 20.6. The predicted molar refractivity (Wildman–Crippen MR) is 124 cm³/mol. The van der Waals surface area contributed by atoms with Gasteiger partial charge < -0.3 is 10.6 Å². The number of halogens is 1. The van der Waals surface area contributed by atoms with E-state index < -0.39 is 10.0 Å². The minimum Gasteiger partial charge on any atom is -0.357 e. The van der Waals surface area contributed by atoms with Gasteiger partial charge in [0, 0.05) is 32.2 Å². The third-order valence-corrected chi connectivity index (χ3v) is 7.25. The summed E-state index contributed by atoms with van der Waals surface area (Å²) in [6.07, 6.45) is 8.15. The molecular formula is C19H39IN4O2S. The fraction of sp³-hybridized carbons (Fsp3) is 0.947. The lowest BCUT2D eigenvalue weighted by molar-refractivity contribution is 0.249. The summed E-state index contributed by atoms with van der Waals surface area (Å²) in [5.74, 6) is 3.05. The first-order valence-corrected chi connectivity index (χ1v) is 12.1. The number of rotatable bonds is 6. The number of sulfonamides is 1. The lowest BCUT2D eigenvalue weighted by Crippen LogP contribution is -2.45. The Morgan fingerprint density at radius 1 is 1.11 bits per heavy atom. The van der Waals surface area contributed by atoms with Crippen LogP contribution in [-0.4, -0.2) is 57.2 Å². The van der Waals surface area contributed by atoms with Crippen LogP contribution in [0.3, 0.4) is 0 Å². The molecule has 1 saturated carbocycles. The Bertz CT molecular complexity index is 552. The lowest BCUT2D eigenvalue weighted by atomic mass is 9.80. The fourth-order valence-electron chi connectivity index (χ4n) is 4.09. The Balaban J connectivity index is 0.00000364. The van der Waals surface area contributed by atoms with E-state index in [0.29, 0.717) is 25.0 Å². The van der Waals surface area contributed by atoms with E-state index in [2.05, 4.69) is 31.4 Å². The van der Waals surface area contributed by atoms with Crippen molar-refractivity contribution in [3.63, 3.8) is 0 Å². The van der Waals surface area contributed by atoms with Crippen molar-refractivity contribution in [3.05, 3.63) is 0 Å². The van der Waals surface area contributed by atoms with Crippen LogP contribution in [0.2, 0.25) is 0 Å². The van der Waals surface area contributed by atoms with Crippen LogP contribution in [-0.2, 0) is 10.0 Å². The molecule has 0 atom stereocenters. The van der Waals surface area contributed by atoms with Crippen LogP contribution in [0.5, 0.6) is 0 Å². The highest BCUT2D eigenvalue weighted by Crippen LogP contribution is 2.29. The third-order valence-electron chi connectivity index (χ3n) is 5.95. The fourth-order valence-corrected chi connectivity index (χ4v) is 4.96. The van der Waals surface area contributed by atoms with Gasteiger partial charge in [0.25, 0.3) is 0 Å². The molecule has 2 N–H and O–H groups in total. The van der Waals surface area contributed by atoms with Gasteiger partial charge in [-0.05, 0) is 63.2 Å². The minimum absolute atomic E-state index is 0. The quantitative estimate of drug-likeness (QED) is 0.325. The van der Waals surface area contributed by atoms with E-state index in [1.54, 1.807) is 4.31 Å². The van der Waals surface area contributed by atoms with Crippen molar-refractivity contribution >= 4 is 40.0 Å². The standard InChI is InChI=1S/C19H38N4O2S.HI/c1-5-20-19(22-18-8-6-17(7-9-18)15(2)3)21-14-16-10-12-23(13-11-16)26(4,24)25;/h15-18H,5-14H2,1-4H3,(H2,20,21,22);1H. The van der Waals surface area contributed by atoms with Gasteiger partial charge in [-0.3, -0.25) is 4.99 Å². The van der Waals surface area contributed by atoms with Crippen LogP contribution in [0.15, 0.2) is 4.99 Å². The second kappa shape index (κ2) is 11.8. The van der Waals surface area contributed by atoms with E-state index in [9.17, 15) is 8.42 Å². The Morgan fingerprint density at radius 2 is 1.70 bits per heavy atom. The van der Waals surface area contributed by atoms with Crippen LogP contribution in [0.25, 0.3) is 0 Å². The summed E-state index contributed by atoms with van der Waals surface area (Å²) in [6.45, 7) is 9.65. The molecule has 2 rings (SSSR count). The molecule has 27 heavy (non-hydrogen) atoms. The van der Waals surface area contributed by atoms with Gasteiger partial charge in [0.05, 0.1) is 6.26 Å². The number of piperidine rings is 1. The maximum atomic E-state index is 11.6. The summed E-state index contributed by atoms with van der Waals surface area (Å²) in [7, 11) is -3.05. The molecule has 0 aromatic carbocycles. The second-order valence-electron chi connectivity index (χ2n) is 8.33. The molecule has 1 aliphatic carbocycles. The van der Waals surface area contributed by atoms with Crippen LogP contribution in [0, 0.1) is 17.8 Å². The van der Waals surface area contributed by atoms with E-state index >= 15 is 0 Å². The normalized spacial score (nSPS) is 25.9. The maximum Gasteiger partial charge on any atom is 0.211 e. The van der Waals surface area contributed by atoms with Crippen molar-refractivity contribution in [2.24, 2.45) is 22.7 Å². The molecule has 0 aromatic heterocycles. The third kappa shape index (κ3) is 8.43. The van der Waals surface area contributed by atoms with Crippen molar-refractivity contribution < 1.29 is 8.42 Å². The minimum atomic E-state index is -3.05. The zero-order chi connectivity index (χ0) is 19.2. The zero-order valence-electron chi connectivity index (χ0n) is 17.4. The van der Waals surface area contributed by atoms with E-state index in [1.165, 1.54) is 31.9 Å². The molecule has 0 spiro atoms. The molecule has 8 heteroatoms. The molecule has 0 radical (unpaired) electrons. The second-order valence-corrected chi connectivity index (χ2v) is 10.3. The molecule has 1 aliphatic heterocycles. The topological polar surface area (TPSA) is 73.8 Å². The Morgan fingerprint density at radius 3 is 2.19 bits per heavy atom. The number of hydrogen-bond acceptors (Lipinski definition) is 3. The van der Waals surface area contributed by atoms with Gasteiger partial charge >= 0.3 is 0 Å². The van der Waals surface area contributed by atoms with Crippen molar-refractivity contribution in [1.29, 1.82) is 0 Å². The molecule has 2 fully saturated rings. The summed E-state index contributed by atoms with van der Waals surface area (Å²) >= 11 is 0. The van der Waals surface area contributed by atoms with Gasteiger partial charge in [-0.25, -0.2) is 12.7 Å². The number of hydrogen-bond donors (Lipinski definition) is 2. The first kappa shape index (κ1) is 24.9. The summed E-state index contributed by atoms with van der Waals surface area (Å²) in [5, 5.41) is 6.99. The predicted octanol–water partition coefficient (Wildman–Crippen LogP) is 3.05. The highest BCUT2D eigenvalue weighted by Gasteiger charge is 2.26. The molecule has 6 nitrogen and oxygen atoms in total. The van der Waals surface area contributed by atoms with Gasteiger partial charge in [0.2, 0.25) is 10.0 Å². The summed E-state index contributed by atoms with van der Waals surface area (Å²) in [5.41, 5.74) is 0. The Labute approximate surface area is 183 Å². The van der Waals surface area contributed by atoms with E-state index in [0.717, 1.165) is 43.7 Å². The van der Waals surface area contributed by atoms with Crippen molar-refractivity contribution in [2.45, 2.75) is 65.3 Å². The first-order valence-electron chi connectivity index (χ1n) is 10.3. The van der Waals surface area contributed by atoms with Crippen molar-refractivity contribution in [2.75, 3.05) is 32.4 Å². The molecule has 2 aliphatic rings. The molecule has 0 bridgehead atoms. The number of aliphatic imine (C=N–C) groups is 1. The molecule has 1 saturated heterocycles. The molecule has 0 aromatic rings. The monoisotopic (exact) mass is 514 g/mol. The number of nitrogens with zero attached hydrogens (tertiary/aromatic N) is 2. The van der Waals surface area contributed by atoms with Crippen LogP contribution >= 0.6 is 24.0 Å². The van der Waals surface area contributed by atoms with Gasteiger partial charge in [-0.15, -0.1) is 24.0 Å². The highest BCUT2D eigenvalue weighted by molar-refractivity contribution is 14.0. The highest BCUT2D eigenvalue weighted by atomic mass is 127. The molecule has 0 unspecified atom stereocenters. The average Bonchev–Trinajstić information content (AvgIpc) is 2.60. The van der Waals surface area contributed by atoms with Crippen molar-refractivity contribution in [1.82, 2.24) is 14.9 Å².